The Labute approximate surface area is 85.9 Å². The van der Waals surface area contributed by atoms with Crippen LogP contribution in [0.25, 0.3) is 0 Å². The lowest BCUT2D eigenvalue weighted by Gasteiger charge is -1.96. The minimum atomic E-state index is -1.17. The zero-order chi connectivity index (χ0) is 11.3. The third-order valence-electron chi connectivity index (χ3n) is 1.54. The van der Waals surface area contributed by atoms with Crippen LogP contribution < -0.4 is 11.1 Å². The molecule has 0 spiro atoms. The number of nitrogens with two attached hydrogens (primary N) is 1. The van der Waals surface area contributed by atoms with Crippen molar-refractivity contribution in [1.82, 2.24) is 5.32 Å². The van der Waals surface area contributed by atoms with Crippen molar-refractivity contribution in [3.8, 4) is 11.8 Å². The molecule has 0 unspecified atom stereocenters. The van der Waals surface area contributed by atoms with Gasteiger partial charge in [-0.15, -0.1) is 0 Å². The Morgan fingerprint density at radius 3 is 3.00 bits per heavy atom. The van der Waals surface area contributed by atoms with Crippen molar-refractivity contribution in [1.29, 1.82) is 0 Å². The molecule has 78 valence electrons. The summed E-state index contributed by atoms with van der Waals surface area (Å²) in [6.45, 7) is -0.0520. The van der Waals surface area contributed by atoms with Crippen molar-refractivity contribution in [2.75, 3.05) is 12.3 Å². The first kappa shape index (κ1) is 10.9. The number of carbonyl (C=O) groups is 1. The highest BCUT2D eigenvalue weighted by molar-refractivity contribution is 5.64. The van der Waals surface area contributed by atoms with E-state index in [9.17, 15) is 9.18 Å². The summed E-state index contributed by atoms with van der Waals surface area (Å²) in [6, 6.07) is 4.03. The van der Waals surface area contributed by atoms with Gasteiger partial charge in [0, 0.05) is 5.69 Å². The quantitative estimate of drug-likeness (QED) is 0.476. The van der Waals surface area contributed by atoms with Crippen LogP contribution in [0.3, 0.4) is 0 Å². The van der Waals surface area contributed by atoms with E-state index in [1.807, 2.05) is 5.32 Å². The third kappa shape index (κ3) is 3.56. The first-order chi connectivity index (χ1) is 7.09. The molecule has 0 heterocycles. The minimum Gasteiger partial charge on any atom is -0.465 e. The maximum absolute atomic E-state index is 13.1. The van der Waals surface area contributed by atoms with Crippen LogP contribution in [0.5, 0.6) is 0 Å². The molecule has 4 N–H and O–H groups in total. The van der Waals surface area contributed by atoms with E-state index in [2.05, 4.69) is 11.8 Å². The molecule has 0 aromatic heterocycles. The summed E-state index contributed by atoms with van der Waals surface area (Å²) in [4.78, 5) is 10.1. The van der Waals surface area contributed by atoms with Crippen LogP contribution in [0, 0.1) is 17.7 Å². The normalized spacial score (nSPS) is 8.87. The second kappa shape index (κ2) is 4.86. The molecule has 1 aromatic rings. The Balaban J connectivity index is 2.71. The number of hydrogen-bond acceptors (Lipinski definition) is 2. The predicted octanol–water partition coefficient (Wildman–Crippen LogP) is 1.03. The van der Waals surface area contributed by atoms with Gasteiger partial charge in [0.05, 0.1) is 12.1 Å². The Kier molecular flexibility index (Phi) is 3.52. The summed E-state index contributed by atoms with van der Waals surface area (Å²) < 4.78 is 13.1. The van der Waals surface area contributed by atoms with Gasteiger partial charge in [-0.3, -0.25) is 0 Å². The van der Waals surface area contributed by atoms with E-state index in [1.165, 1.54) is 18.2 Å². The molecule has 4 nitrogen and oxygen atoms in total. The third-order valence-corrected chi connectivity index (χ3v) is 1.54. The summed E-state index contributed by atoms with van der Waals surface area (Å²) in [5.74, 6) is 4.46. The summed E-state index contributed by atoms with van der Waals surface area (Å²) in [5, 5.41) is 10.3. The molecule has 0 aliphatic rings. The van der Waals surface area contributed by atoms with Crippen molar-refractivity contribution in [3.63, 3.8) is 0 Å². The van der Waals surface area contributed by atoms with Gasteiger partial charge in [-0.2, -0.15) is 0 Å². The average Bonchev–Trinajstić information content (AvgIpc) is 2.17. The summed E-state index contributed by atoms with van der Waals surface area (Å²) in [7, 11) is 0. The summed E-state index contributed by atoms with van der Waals surface area (Å²) in [5.41, 5.74) is 6.00. The molecule has 0 saturated carbocycles. The first-order valence-corrected chi connectivity index (χ1v) is 4.10. The highest BCUT2D eigenvalue weighted by Crippen LogP contribution is 2.10. The average molecular weight is 208 g/mol. The van der Waals surface area contributed by atoms with Gasteiger partial charge in [0.25, 0.3) is 0 Å². The molecule has 0 aliphatic heterocycles. The molecular weight excluding hydrogens is 199 g/mol. The molecule has 0 aliphatic carbocycles. The number of amides is 1. The highest BCUT2D eigenvalue weighted by Gasteiger charge is 1.98. The fourth-order valence-electron chi connectivity index (χ4n) is 0.898. The van der Waals surface area contributed by atoms with Gasteiger partial charge in [-0.25, -0.2) is 9.18 Å². The standard InChI is InChI=1S/C10H9FN2O2/c11-9-4-3-8(12)6-7(9)2-1-5-13-10(14)15/h3-4,6,13H,5,12H2,(H,14,15). The van der Waals surface area contributed by atoms with Gasteiger partial charge >= 0.3 is 6.09 Å². The van der Waals surface area contributed by atoms with E-state index in [1.54, 1.807) is 0 Å². The van der Waals surface area contributed by atoms with E-state index in [0.717, 1.165) is 0 Å². The molecule has 0 atom stereocenters. The maximum atomic E-state index is 13.1. The molecule has 0 radical (unpaired) electrons. The second-order valence-corrected chi connectivity index (χ2v) is 2.70. The summed E-state index contributed by atoms with van der Waals surface area (Å²) in [6.07, 6.45) is -1.17. The zero-order valence-electron chi connectivity index (χ0n) is 7.75. The van der Waals surface area contributed by atoms with Gasteiger partial charge in [0.1, 0.15) is 5.82 Å². The molecule has 1 aromatic carbocycles. The number of carboxylic acid groups (broad SMARTS) is 1. The SMILES string of the molecule is Nc1ccc(F)c(C#CCNC(=O)O)c1. The lowest BCUT2D eigenvalue weighted by molar-refractivity contribution is 0.196. The lowest BCUT2D eigenvalue weighted by Crippen LogP contribution is -2.20. The molecular formula is C10H9FN2O2. The Hall–Kier alpha value is -2.22. The molecule has 1 rings (SSSR count). The molecule has 15 heavy (non-hydrogen) atoms. The van der Waals surface area contributed by atoms with E-state index in [4.69, 9.17) is 10.8 Å². The van der Waals surface area contributed by atoms with E-state index in [0.29, 0.717) is 5.69 Å². The molecule has 5 heteroatoms. The number of halogens is 1. The van der Waals surface area contributed by atoms with Crippen molar-refractivity contribution in [2.24, 2.45) is 0 Å². The van der Waals surface area contributed by atoms with E-state index >= 15 is 0 Å². The topological polar surface area (TPSA) is 75.3 Å². The van der Waals surface area contributed by atoms with Crippen LogP contribution in [-0.2, 0) is 0 Å². The van der Waals surface area contributed by atoms with Crippen LogP contribution >= 0.6 is 0 Å². The fraction of sp³-hybridized carbons (Fsp3) is 0.100. The van der Waals surface area contributed by atoms with Crippen LogP contribution in [0.1, 0.15) is 5.56 Å². The largest absolute Gasteiger partial charge is 0.465 e. The van der Waals surface area contributed by atoms with Crippen LogP contribution in [0.2, 0.25) is 0 Å². The Bertz CT molecular complexity index is 435. The number of nitrogen functional groups attached to an aromatic ring is 1. The highest BCUT2D eigenvalue weighted by atomic mass is 19.1. The minimum absolute atomic E-state index is 0.0520. The molecule has 0 saturated heterocycles. The smallest absolute Gasteiger partial charge is 0.405 e. The number of rotatable bonds is 1. The molecule has 0 bridgehead atoms. The summed E-state index contributed by atoms with van der Waals surface area (Å²) >= 11 is 0. The van der Waals surface area contributed by atoms with Gasteiger partial charge in [0.15, 0.2) is 0 Å². The molecule has 0 fully saturated rings. The van der Waals surface area contributed by atoms with Crippen LogP contribution in [0.15, 0.2) is 18.2 Å². The van der Waals surface area contributed by atoms with Gasteiger partial charge in [0.2, 0.25) is 0 Å². The van der Waals surface area contributed by atoms with Crippen molar-refractivity contribution in [2.45, 2.75) is 0 Å². The fourth-order valence-corrected chi connectivity index (χ4v) is 0.898. The number of anilines is 1. The Morgan fingerprint density at radius 2 is 2.33 bits per heavy atom. The second-order valence-electron chi connectivity index (χ2n) is 2.70. The first-order valence-electron chi connectivity index (χ1n) is 4.10. The number of hydrogen-bond donors (Lipinski definition) is 3. The van der Waals surface area contributed by atoms with Crippen LogP contribution in [-0.4, -0.2) is 17.7 Å². The van der Waals surface area contributed by atoms with Crippen molar-refractivity contribution in [3.05, 3.63) is 29.6 Å². The van der Waals surface area contributed by atoms with Gasteiger partial charge in [-0.05, 0) is 18.2 Å². The number of nitrogens with one attached hydrogen (secondary N) is 1. The Morgan fingerprint density at radius 1 is 1.60 bits per heavy atom. The van der Waals surface area contributed by atoms with Crippen molar-refractivity contribution >= 4 is 11.8 Å². The zero-order valence-corrected chi connectivity index (χ0v) is 7.75. The van der Waals surface area contributed by atoms with Crippen molar-refractivity contribution < 1.29 is 14.3 Å². The lowest BCUT2D eigenvalue weighted by atomic mass is 10.2. The van der Waals surface area contributed by atoms with Gasteiger partial charge < -0.3 is 16.2 Å². The van der Waals surface area contributed by atoms with E-state index < -0.39 is 11.9 Å². The predicted molar refractivity (Wildman–Crippen MR) is 53.7 cm³/mol. The van der Waals surface area contributed by atoms with Crippen LogP contribution in [0.4, 0.5) is 14.9 Å². The van der Waals surface area contributed by atoms with Gasteiger partial charge in [-0.1, -0.05) is 11.8 Å². The maximum Gasteiger partial charge on any atom is 0.405 e. The number of benzene rings is 1. The van der Waals surface area contributed by atoms with E-state index in [-0.39, 0.29) is 12.1 Å². The molecule has 1 amide bonds. The monoisotopic (exact) mass is 208 g/mol.